The molecule has 0 aliphatic carbocycles. The Labute approximate surface area is 133 Å². The standard InChI is InChI=1S/C15H10BrClF2O2/c1-8(15(20)9-3-2-4-11(17)5-9)21-13-7-10(16)6-12(18)14(13)19/h2-8H,1H3. The summed E-state index contributed by atoms with van der Waals surface area (Å²) in [5, 5.41) is 0.410. The Kier molecular flexibility index (Phi) is 4.96. The topological polar surface area (TPSA) is 26.3 Å². The minimum atomic E-state index is -1.14. The monoisotopic (exact) mass is 374 g/mol. The van der Waals surface area contributed by atoms with Gasteiger partial charge in [0.2, 0.25) is 11.6 Å². The molecule has 0 bridgehead atoms. The van der Waals surface area contributed by atoms with Crippen molar-refractivity contribution in [1.29, 1.82) is 0 Å². The molecular weight excluding hydrogens is 366 g/mol. The number of Topliss-reactive ketones (excluding diaryl/α,β-unsaturated/α-hetero) is 1. The van der Waals surface area contributed by atoms with Crippen LogP contribution in [0.2, 0.25) is 5.02 Å². The second-order valence-electron chi connectivity index (χ2n) is 4.33. The summed E-state index contributed by atoms with van der Waals surface area (Å²) in [6, 6.07) is 8.56. The summed E-state index contributed by atoms with van der Waals surface area (Å²) < 4.78 is 32.4. The lowest BCUT2D eigenvalue weighted by Gasteiger charge is -2.15. The highest BCUT2D eigenvalue weighted by atomic mass is 79.9. The normalized spacial score (nSPS) is 12.0. The fourth-order valence-corrected chi connectivity index (χ4v) is 2.34. The Morgan fingerprint density at radius 2 is 2.00 bits per heavy atom. The molecule has 0 amide bonds. The number of hydrogen-bond donors (Lipinski definition) is 0. The number of carbonyl (C=O) groups is 1. The third kappa shape index (κ3) is 3.80. The quantitative estimate of drug-likeness (QED) is 0.553. The third-order valence-electron chi connectivity index (χ3n) is 2.74. The van der Waals surface area contributed by atoms with E-state index in [0.29, 0.717) is 15.1 Å². The lowest BCUT2D eigenvalue weighted by Crippen LogP contribution is -2.24. The van der Waals surface area contributed by atoms with E-state index in [-0.39, 0.29) is 11.5 Å². The zero-order valence-corrected chi connectivity index (χ0v) is 13.2. The molecule has 2 rings (SSSR count). The van der Waals surface area contributed by atoms with Crippen molar-refractivity contribution in [3.05, 3.63) is 63.1 Å². The van der Waals surface area contributed by atoms with Gasteiger partial charge < -0.3 is 4.74 Å². The van der Waals surface area contributed by atoms with Crippen LogP contribution in [0.3, 0.4) is 0 Å². The second kappa shape index (κ2) is 6.54. The van der Waals surface area contributed by atoms with Crippen molar-refractivity contribution < 1.29 is 18.3 Å². The Morgan fingerprint density at radius 1 is 1.29 bits per heavy atom. The molecule has 110 valence electrons. The molecule has 0 aliphatic rings. The molecule has 0 saturated carbocycles. The molecule has 0 aliphatic heterocycles. The van der Waals surface area contributed by atoms with Crippen molar-refractivity contribution in [1.82, 2.24) is 0 Å². The van der Waals surface area contributed by atoms with E-state index in [1.54, 1.807) is 18.2 Å². The molecular formula is C15H10BrClF2O2. The second-order valence-corrected chi connectivity index (χ2v) is 5.69. The highest BCUT2D eigenvalue weighted by Gasteiger charge is 2.20. The largest absolute Gasteiger partial charge is 0.479 e. The first-order chi connectivity index (χ1) is 9.88. The molecule has 21 heavy (non-hydrogen) atoms. The van der Waals surface area contributed by atoms with Gasteiger partial charge >= 0.3 is 0 Å². The van der Waals surface area contributed by atoms with Crippen LogP contribution in [0, 0.1) is 11.6 Å². The molecule has 0 heterocycles. The van der Waals surface area contributed by atoms with Gasteiger partial charge in [-0.2, -0.15) is 4.39 Å². The molecule has 0 aromatic heterocycles. The van der Waals surface area contributed by atoms with Gasteiger partial charge in [0, 0.05) is 15.1 Å². The number of halogens is 4. The number of benzene rings is 2. The van der Waals surface area contributed by atoms with E-state index in [1.807, 2.05) is 0 Å². The Bertz CT molecular complexity index is 691. The molecule has 1 unspecified atom stereocenters. The molecule has 2 nitrogen and oxygen atoms in total. The summed E-state index contributed by atoms with van der Waals surface area (Å²) in [6.07, 6.45) is -0.980. The average molecular weight is 376 g/mol. The van der Waals surface area contributed by atoms with Crippen LogP contribution in [0.5, 0.6) is 5.75 Å². The molecule has 2 aromatic carbocycles. The molecule has 0 N–H and O–H groups in total. The van der Waals surface area contributed by atoms with Crippen LogP contribution in [0.15, 0.2) is 40.9 Å². The Hall–Kier alpha value is -1.46. The lowest BCUT2D eigenvalue weighted by molar-refractivity contribution is 0.0810. The van der Waals surface area contributed by atoms with Crippen LogP contribution in [0.4, 0.5) is 8.78 Å². The number of carbonyl (C=O) groups excluding carboxylic acids is 1. The summed E-state index contributed by atoms with van der Waals surface area (Å²) in [7, 11) is 0. The zero-order chi connectivity index (χ0) is 15.6. The minimum absolute atomic E-state index is 0.318. The van der Waals surface area contributed by atoms with Gasteiger partial charge in [-0.1, -0.05) is 39.7 Å². The predicted octanol–water partition coefficient (Wildman–Crippen LogP) is 5.03. The number of hydrogen-bond acceptors (Lipinski definition) is 2. The van der Waals surface area contributed by atoms with Crippen molar-refractivity contribution in [2.75, 3.05) is 0 Å². The van der Waals surface area contributed by atoms with E-state index in [9.17, 15) is 13.6 Å². The van der Waals surface area contributed by atoms with Crippen LogP contribution in [0.25, 0.3) is 0 Å². The third-order valence-corrected chi connectivity index (χ3v) is 3.43. The van der Waals surface area contributed by atoms with Crippen molar-refractivity contribution in [2.45, 2.75) is 13.0 Å². The maximum Gasteiger partial charge on any atom is 0.203 e. The zero-order valence-electron chi connectivity index (χ0n) is 10.9. The first-order valence-corrected chi connectivity index (χ1v) is 7.16. The van der Waals surface area contributed by atoms with Crippen molar-refractivity contribution >= 4 is 33.3 Å². The van der Waals surface area contributed by atoms with Gasteiger partial charge in [-0.3, -0.25) is 4.79 Å². The van der Waals surface area contributed by atoms with Gasteiger partial charge in [0.25, 0.3) is 0 Å². The molecule has 0 fully saturated rings. The van der Waals surface area contributed by atoms with Gasteiger partial charge in [0.05, 0.1) is 0 Å². The Balaban J connectivity index is 2.22. The van der Waals surface area contributed by atoms with E-state index in [0.717, 1.165) is 6.07 Å². The van der Waals surface area contributed by atoms with Crippen LogP contribution < -0.4 is 4.74 Å². The molecule has 6 heteroatoms. The fraction of sp³-hybridized carbons (Fsp3) is 0.133. The van der Waals surface area contributed by atoms with E-state index in [4.69, 9.17) is 16.3 Å². The summed E-state index contributed by atoms with van der Waals surface area (Å²) in [4.78, 5) is 12.2. The number of ketones is 1. The van der Waals surface area contributed by atoms with Gasteiger partial charge in [-0.25, -0.2) is 4.39 Å². The SMILES string of the molecule is CC(Oc1cc(Br)cc(F)c1F)C(=O)c1cccc(Cl)c1. The first kappa shape index (κ1) is 15.9. The number of ether oxygens (including phenoxy) is 1. The number of rotatable bonds is 4. The van der Waals surface area contributed by atoms with E-state index < -0.39 is 17.7 Å². The van der Waals surface area contributed by atoms with Gasteiger partial charge in [0.15, 0.2) is 17.7 Å². The first-order valence-electron chi connectivity index (χ1n) is 5.99. The summed E-state index contributed by atoms with van der Waals surface area (Å²) >= 11 is 8.85. The molecule has 2 aromatic rings. The highest BCUT2D eigenvalue weighted by Crippen LogP contribution is 2.26. The molecule has 1 atom stereocenters. The lowest BCUT2D eigenvalue weighted by atomic mass is 10.1. The van der Waals surface area contributed by atoms with Crippen molar-refractivity contribution in [3.63, 3.8) is 0 Å². The van der Waals surface area contributed by atoms with Gasteiger partial charge in [-0.15, -0.1) is 0 Å². The van der Waals surface area contributed by atoms with Crippen molar-refractivity contribution in [2.24, 2.45) is 0 Å². The van der Waals surface area contributed by atoms with Crippen LogP contribution in [-0.4, -0.2) is 11.9 Å². The van der Waals surface area contributed by atoms with Crippen molar-refractivity contribution in [3.8, 4) is 5.75 Å². The summed E-state index contributed by atoms with van der Waals surface area (Å²) in [5.41, 5.74) is 0.339. The van der Waals surface area contributed by atoms with E-state index >= 15 is 0 Å². The Morgan fingerprint density at radius 3 is 2.67 bits per heavy atom. The van der Waals surface area contributed by atoms with Crippen LogP contribution >= 0.6 is 27.5 Å². The predicted molar refractivity (Wildman–Crippen MR) is 79.9 cm³/mol. The van der Waals surface area contributed by atoms with Gasteiger partial charge in [-0.05, 0) is 31.2 Å². The molecule has 0 radical (unpaired) electrons. The maximum absolute atomic E-state index is 13.6. The van der Waals surface area contributed by atoms with E-state index in [2.05, 4.69) is 15.9 Å². The molecule has 0 saturated heterocycles. The summed E-state index contributed by atoms with van der Waals surface area (Å²) in [6.45, 7) is 1.46. The van der Waals surface area contributed by atoms with Crippen LogP contribution in [-0.2, 0) is 0 Å². The fourth-order valence-electron chi connectivity index (χ4n) is 1.74. The maximum atomic E-state index is 13.6. The van der Waals surface area contributed by atoms with Gasteiger partial charge in [0.1, 0.15) is 0 Å². The highest BCUT2D eigenvalue weighted by molar-refractivity contribution is 9.10. The smallest absolute Gasteiger partial charge is 0.203 e. The minimum Gasteiger partial charge on any atom is -0.479 e. The van der Waals surface area contributed by atoms with E-state index in [1.165, 1.54) is 19.1 Å². The average Bonchev–Trinajstić information content (AvgIpc) is 2.43. The van der Waals surface area contributed by atoms with Crippen LogP contribution in [0.1, 0.15) is 17.3 Å². The summed E-state index contributed by atoms with van der Waals surface area (Å²) in [5.74, 6) is -2.90. The molecule has 0 spiro atoms.